The molecule has 1 aromatic carbocycles. The van der Waals surface area contributed by atoms with Gasteiger partial charge >= 0.3 is 0 Å². The van der Waals surface area contributed by atoms with E-state index in [0.717, 1.165) is 0 Å². The molecular weight excluding hydrogens is 271 g/mol. The predicted molar refractivity (Wildman–Crippen MR) is 68.2 cm³/mol. The molecule has 0 atom stereocenters. The molecule has 0 amide bonds. The van der Waals surface area contributed by atoms with E-state index in [1.807, 2.05) is 0 Å². The molecule has 0 spiro atoms. The van der Waals surface area contributed by atoms with Crippen molar-refractivity contribution in [1.82, 2.24) is 19.7 Å². The fraction of sp³-hybridized carbons (Fsp3) is 0.0833. The lowest BCUT2D eigenvalue weighted by molar-refractivity contribution is 0.401. The molecule has 3 aromatic rings. The third-order valence-corrected chi connectivity index (χ3v) is 2.79. The van der Waals surface area contributed by atoms with Crippen LogP contribution in [0.15, 0.2) is 30.5 Å². The second-order valence-electron chi connectivity index (χ2n) is 3.77. The minimum absolute atomic E-state index is 0.0861. The molecule has 96 valence electrons. The maximum absolute atomic E-state index is 12.9. The van der Waals surface area contributed by atoms with Crippen LogP contribution in [0.25, 0.3) is 16.7 Å². The smallest absolute Gasteiger partial charge is 0.244 e. The number of hydrogen-bond donors (Lipinski definition) is 0. The van der Waals surface area contributed by atoms with Gasteiger partial charge < -0.3 is 4.74 Å². The molecule has 0 fully saturated rings. The Hall–Kier alpha value is -2.21. The third kappa shape index (κ3) is 2.00. The summed E-state index contributed by atoms with van der Waals surface area (Å²) in [5, 5.41) is 4.28. The van der Waals surface area contributed by atoms with Crippen LogP contribution >= 0.6 is 11.6 Å². The molecule has 2 heterocycles. The van der Waals surface area contributed by atoms with Crippen LogP contribution in [0, 0.1) is 5.82 Å². The number of aromatic nitrogens is 4. The van der Waals surface area contributed by atoms with Crippen LogP contribution in [0.5, 0.6) is 5.88 Å². The lowest BCUT2D eigenvalue weighted by Crippen LogP contribution is -2.00. The summed E-state index contributed by atoms with van der Waals surface area (Å²) < 4.78 is 19.7. The van der Waals surface area contributed by atoms with Crippen LogP contribution in [0.4, 0.5) is 4.39 Å². The number of hydrogen-bond acceptors (Lipinski definition) is 4. The van der Waals surface area contributed by atoms with Crippen LogP contribution in [-0.2, 0) is 0 Å². The number of nitrogens with zero attached hydrogens (tertiary/aromatic N) is 4. The van der Waals surface area contributed by atoms with Gasteiger partial charge in [-0.1, -0.05) is 0 Å². The number of fused-ring (bicyclic) bond motifs is 1. The van der Waals surface area contributed by atoms with Gasteiger partial charge in [0.05, 0.1) is 19.0 Å². The van der Waals surface area contributed by atoms with Crippen LogP contribution in [0.3, 0.4) is 0 Å². The Bertz CT molecular complexity index is 741. The van der Waals surface area contributed by atoms with E-state index < -0.39 is 0 Å². The third-order valence-electron chi connectivity index (χ3n) is 2.62. The topological polar surface area (TPSA) is 52.8 Å². The van der Waals surface area contributed by atoms with Gasteiger partial charge in [-0.3, -0.25) is 0 Å². The van der Waals surface area contributed by atoms with E-state index in [2.05, 4.69) is 15.1 Å². The van der Waals surface area contributed by atoms with Crippen molar-refractivity contribution >= 4 is 22.6 Å². The summed E-state index contributed by atoms with van der Waals surface area (Å²) in [6.07, 6.45) is 1.55. The van der Waals surface area contributed by atoms with E-state index in [-0.39, 0.29) is 11.1 Å². The first-order valence-corrected chi connectivity index (χ1v) is 5.78. The van der Waals surface area contributed by atoms with Crippen LogP contribution in [-0.4, -0.2) is 26.9 Å². The van der Waals surface area contributed by atoms with Gasteiger partial charge in [-0.25, -0.2) is 14.1 Å². The average Bonchev–Trinajstić information content (AvgIpc) is 2.82. The zero-order chi connectivity index (χ0) is 13.4. The molecule has 7 heteroatoms. The number of ether oxygens (including phenoxy) is 1. The highest BCUT2D eigenvalue weighted by Crippen LogP contribution is 2.26. The van der Waals surface area contributed by atoms with Crippen molar-refractivity contribution in [1.29, 1.82) is 0 Å². The van der Waals surface area contributed by atoms with Gasteiger partial charge in [-0.15, -0.1) is 0 Å². The number of methoxy groups -OCH3 is 1. The fourth-order valence-electron chi connectivity index (χ4n) is 1.80. The zero-order valence-corrected chi connectivity index (χ0v) is 10.6. The summed E-state index contributed by atoms with van der Waals surface area (Å²) >= 11 is 5.79. The maximum Gasteiger partial charge on any atom is 0.244 e. The SMILES string of the molecule is COc1nc(Cl)nc2cnn(-c3ccc(F)cc3)c12. The van der Waals surface area contributed by atoms with Crippen molar-refractivity contribution in [2.24, 2.45) is 0 Å². The van der Waals surface area contributed by atoms with Gasteiger partial charge in [-0.05, 0) is 35.9 Å². The average molecular weight is 279 g/mol. The predicted octanol–water partition coefficient (Wildman–Crippen LogP) is 2.62. The molecule has 19 heavy (non-hydrogen) atoms. The molecule has 0 aliphatic carbocycles. The highest BCUT2D eigenvalue weighted by molar-refractivity contribution is 6.28. The standard InChI is InChI=1S/C12H8ClFN4O/c1-19-11-10-9(16-12(13)17-11)6-15-18(10)8-4-2-7(14)3-5-8/h2-6H,1H3. The second kappa shape index (κ2) is 4.47. The Balaban J connectivity index is 2.27. The van der Waals surface area contributed by atoms with Gasteiger partial charge in [0.1, 0.15) is 11.3 Å². The summed E-state index contributed by atoms with van der Waals surface area (Å²) in [6.45, 7) is 0. The second-order valence-corrected chi connectivity index (χ2v) is 4.11. The van der Waals surface area contributed by atoms with E-state index in [1.54, 1.807) is 23.0 Å². The summed E-state index contributed by atoms with van der Waals surface area (Å²) in [4.78, 5) is 8.06. The molecule has 0 unspecified atom stereocenters. The molecule has 2 aromatic heterocycles. The van der Waals surface area contributed by atoms with Crippen molar-refractivity contribution in [3.8, 4) is 11.6 Å². The van der Waals surface area contributed by atoms with E-state index in [1.165, 1.54) is 19.2 Å². The molecule has 3 rings (SSSR count). The molecule has 0 aliphatic rings. The molecule has 0 radical (unpaired) electrons. The Labute approximate surface area is 112 Å². The van der Waals surface area contributed by atoms with Crippen LogP contribution in [0.2, 0.25) is 5.28 Å². The molecular formula is C12H8ClFN4O. The highest BCUT2D eigenvalue weighted by atomic mass is 35.5. The Kier molecular flexibility index (Phi) is 2.79. The van der Waals surface area contributed by atoms with Gasteiger partial charge in [-0.2, -0.15) is 10.1 Å². The largest absolute Gasteiger partial charge is 0.479 e. The number of rotatable bonds is 2. The Morgan fingerprint density at radius 3 is 2.63 bits per heavy atom. The van der Waals surface area contributed by atoms with Crippen molar-refractivity contribution in [3.63, 3.8) is 0 Å². The zero-order valence-electron chi connectivity index (χ0n) is 9.84. The molecule has 0 saturated carbocycles. The lowest BCUT2D eigenvalue weighted by atomic mass is 10.3. The lowest BCUT2D eigenvalue weighted by Gasteiger charge is -2.06. The maximum atomic E-state index is 12.9. The highest BCUT2D eigenvalue weighted by Gasteiger charge is 2.14. The van der Waals surface area contributed by atoms with Crippen molar-refractivity contribution in [2.75, 3.05) is 7.11 Å². The van der Waals surface area contributed by atoms with Crippen molar-refractivity contribution in [3.05, 3.63) is 41.6 Å². The molecule has 0 N–H and O–H groups in total. The van der Waals surface area contributed by atoms with Gasteiger partial charge in [0.2, 0.25) is 11.2 Å². The normalized spacial score (nSPS) is 10.9. The van der Waals surface area contributed by atoms with Gasteiger partial charge in [0.15, 0.2) is 5.52 Å². The number of benzene rings is 1. The summed E-state index contributed by atoms with van der Waals surface area (Å²) in [7, 11) is 1.49. The van der Waals surface area contributed by atoms with Crippen molar-refractivity contribution in [2.45, 2.75) is 0 Å². The minimum atomic E-state index is -0.313. The van der Waals surface area contributed by atoms with Gasteiger partial charge in [0, 0.05) is 0 Å². The van der Waals surface area contributed by atoms with Crippen molar-refractivity contribution < 1.29 is 9.13 Å². The Morgan fingerprint density at radius 1 is 1.21 bits per heavy atom. The molecule has 0 bridgehead atoms. The van der Waals surface area contributed by atoms with E-state index in [4.69, 9.17) is 16.3 Å². The quantitative estimate of drug-likeness (QED) is 0.676. The Morgan fingerprint density at radius 2 is 1.95 bits per heavy atom. The monoisotopic (exact) mass is 278 g/mol. The van der Waals surface area contributed by atoms with Crippen LogP contribution < -0.4 is 4.74 Å². The first-order chi connectivity index (χ1) is 9.19. The summed E-state index contributed by atoms with van der Waals surface area (Å²) in [5.74, 6) is 0.00305. The minimum Gasteiger partial charge on any atom is -0.479 e. The van der Waals surface area contributed by atoms with E-state index >= 15 is 0 Å². The van der Waals surface area contributed by atoms with E-state index in [9.17, 15) is 4.39 Å². The molecule has 5 nitrogen and oxygen atoms in total. The first-order valence-electron chi connectivity index (χ1n) is 5.40. The molecule has 0 saturated heterocycles. The summed E-state index contributed by atoms with van der Waals surface area (Å²) in [6, 6.07) is 5.92. The number of halogens is 2. The fourth-order valence-corrected chi connectivity index (χ4v) is 1.97. The summed E-state index contributed by atoms with van der Waals surface area (Å²) in [5.41, 5.74) is 1.82. The van der Waals surface area contributed by atoms with Crippen LogP contribution in [0.1, 0.15) is 0 Å². The van der Waals surface area contributed by atoms with Gasteiger partial charge in [0.25, 0.3) is 0 Å². The first kappa shape index (κ1) is 11.9. The van der Waals surface area contributed by atoms with E-state index in [0.29, 0.717) is 22.6 Å². The molecule has 0 aliphatic heterocycles.